The lowest BCUT2D eigenvalue weighted by Gasteiger charge is -2.30. The standard InChI is InChI=1S/C17H24N2O4/c20-17(21)19-7-5-16(6-8-19)23-15-3-1-14(2-4-15)13-18-9-11-22-12-10-18/h1-4,16H,5-13H2,(H,20,21). The minimum Gasteiger partial charge on any atom is -0.490 e. The van der Waals surface area contributed by atoms with Crippen LogP contribution >= 0.6 is 0 Å². The Hall–Kier alpha value is -1.79. The van der Waals surface area contributed by atoms with Gasteiger partial charge in [0.15, 0.2) is 0 Å². The first-order valence-electron chi connectivity index (χ1n) is 8.24. The molecule has 2 aliphatic rings. The summed E-state index contributed by atoms with van der Waals surface area (Å²) in [6.07, 6.45) is 0.774. The first kappa shape index (κ1) is 16.1. The van der Waals surface area contributed by atoms with Crippen molar-refractivity contribution in [1.82, 2.24) is 9.80 Å². The quantitative estimate of drug-likeness (QED) is 0.920. The maximum Gasteiger partial charge on any atom is 0.407 e. The van der Waals surface area contributed by atoms with Crippen LogP contribution in [0.15, 0.2) is 24.3 Å². The van der Waals surface area contributed by atoms with Crippen molar-refractivity contribution in [3.8, 4) is 5.75 Å². The number of hydrogen-bond donors (Lipinski definition) is 1. The van der Waals surface area contributed by atoms with Crippen molar-refractivity contribution in [2.75, 3.05) is 39.4 Å². The molecule has 1 amide bonds. The van der Waals surface area contributed by atoms with Crippen molar-refractivity contribution >= 4 is 6.09 Å². The van der Waals surface area contributed by atoms with Crippen molar-refractivity contribution in [2.45, 2.75) is 25.5 Å². The van der Waals surface area contributed by atoms with Gasteiger partial charge in [0.2, 0.25) is 0 Å². The van der Waals surface area contributed by atoms with Crippen molar-refractivity contribution in [1.29, 1.82) is 0 Å². The summed E-state index contributed by atoms with van der Waals surface area (Å²) < 4.78 is 11.3. The maximum atomic E-state index is 10.9. The minimum absolute atomic E-state index is 0.107. The summed E-state index contributed by atoms with van der Waals surface area (Å²) in [5.41, 5.74) is 1.28. The van der Waals surface area contributed by atoms with Gasteiger partial charge in [-0.15, -0.1) is 0 Å². The molecule has 1 aromatic rings. The lowest BCUT2D eigenvalue weighted by molar-refractivity contribution is 0.0341. The maximum absolute atomic E-state index is 10.9. The second kappa shape index (κ2) is 7.66. The molecule has 0 atom stereocenters. The number of ether oxygens (including phenoxy) is 2. The highest BCUT2D eigenvalue weighted by atomic mass is 16.5. The van der Waals surface area contributed by atoms with Crippen LogP contribution in [0.1, 0.15) is 18.4 Å². The van der Waals surface area contributed by atoms with Crippen LogP contribution in [0.2, 0.25) is 0 Å². The summed E-state index contributed by atoms with van der Waals surface area (Å²) in [6, 6.07) is 8.24. The molecule has 0 bridgehead atoms. The average molecular weight is 320 g/mol. The fourth-order valence-electron chi connectivity index (χ4n) is 3.05. The van der Waals surface area contributed by atoms with E-state index >= 15 is 0 Å². The van der Waals surface area contributed by atoms with E-state index in [0.29, 0.717) is 13.1 Å². The smallest absolute Gasteiger partial charge is 0.407 e. The van der Waals surface area contributed by atoms with Gasteiger partial charge in [-0.05, 0) is 17.7 Å². The van der Waals surface area contributed by atoms with E-state index in [4.69, 9.17) is 14.6 Å². The molecule has 2 heterocycles. The summed E-state index contributed by atoms with van der Waals surface area (Å²) >= 11 is 0. The number of carboxylic acid groups (broad SMARTS) is 1. The number of carbonyl (C=O) groups is 1. The first-order chi connectivity index (χ1) is 11.2. The van der Waals surface area contributed by atoms with E-state index in [2.05, 4.69) is 17.0 Å². The lowest BCUT2D eigenvalue weighted by atomic mass is 10.1. The number of nitrogens with zero attached hydrogens (tertiary/aromatic N) is 2. The highest BCUT2D eigenvalue weighted by Gasteiger charge is 2.23. The number of likely N-dealkylation sites (tertiary alicyclic amines) is 1. The fraction of sp³-hybridized carbons (Fsp3) is 0.588. The van der Waals surface area contributed by atoms with Gasteiger partial charge in [-0.2, -0.15) is 0 Å². The summed E-state index contributed by atoms with van der Waals surface area (Å²) in [7, 11) is 0. The topological polar surface area (TPSA) is 62.2 Å². The lowest BCUT2D eigenvalue weighted by Crippen LogP contribution is -2.41. The Morgan fingerprint density at radius 1 is 1.13 bits per heavy atom. The van der Waals surface area contributed by atoms with Crippen LogP contribution < -0.4 is 4.74 Å². The number of benzene rings is 1. The molecule has 2 fully saturated rings. The summed E-state index contributed by atoms with van der Waals surface area (Å²) in [6.45, 7) is 5.65. The van der Waals surface area contributed by atoms with Crippen LogP contribution in [-0.4, -0.2) is 66.5 Å². The van der Waals surface area contributed by atoms with Crippen molar-refractivity contribution < 1.29 is 19.4 Å². The van der Waals surface area contributed by atoms with Gasteiger partial charge in [0.25, 0.3) is 0 Å². The Labute approximate surface area is 136 Å². The minimum atomic E-state index is -0.837. The molecular weight excluding hydrogens is 296 g/mol. The van der Waals surface area contributed by atoms with E-state index in [9.17, 15) is 4.79 Å². The van der Waals surface area contributed by atoms with Gasteiger partial charge >= 0.3 is 6.09 Å². The number of amides is 1. The van der Waals surface area contributed by atoms with Crippen LogP contribution in [0.4, 0.5) is 4.79 Å². The predicted octanol–water partition coefficient (Wildman–Crippen LogP) is 2.04. The van der Waals surface area contributed by atoms with E-state index in [1.54, 1.807) is 0 Å². The van der Waals surface area contributed by atoms with Gasteiger partial charge in [-0.25, -0.2) is 4.79 Å². The molecule has 6 nitrogen and oxygen atoms in total. The van der Waals surface area contributed by atoms with Crippen LogP contribution in [0, 0.1) is 0 Å². The Morgan fingerprint density at radius 2 is 1.78 bits per heavy atom. The molecule has 0 radical (unpaired) electrons. The molecule has 2 aliphatic heterocycles. The highest BCUT2D eigenvalue weighted by molar-refractivity contribution is 5.65. The number of hydrogen-bond acceptors (Lipinski definition) is 4. The fourth-order valence-corrected chi connectivity index (χ4v) is 3.05. The molecule has 126 valence electrons. The Kier molecular flexibility index (Phi) is 5.35. The van der Waals surface area contributed by atoms with E-state index in [0.717, 1.165) is 51.4 Å². The zero-order chi connectivity index (χ0) is 16.1. The normalized spacial score (nSPS) is 20.4. The van der Waals surface area contributed by atoms with E-state index in [1.807, 2.05) is 12.1 Å². The summed E-state index contributed by atoms with van der Waals surface area (Å²) in [5.74, 6) is 0.865. The van der Waals surface area contributed by atoms with Crippen molar-refractivity contribution in [3.05, 3.63) is 29.8 Å². The molecule has 3 rings (SSSR count). The molecule has 0 aromatic heterocycles. The molecule has 0 unspecified atom stereocenters. The molecule has 6 heteroatoms. The zero-order valence-corrected chi connectivity index (χ0v) is 13.3. The van der Waals surface area contributed by atoms with Gasteiger partial charge in [0.05, 0.1) is 13.2 Å². The molecule has 23 heavy (non-hydrogen) atoms. The Balaban J connectivity index is 1.47. The van der Waals surface area contributed by atoms with E-state index in [-0.39, 0.29) is 6.10 Å². The Morgan fingerprint density at radius 3 is 2.39 bits per heavy atom. The third-order valence-electron chi connectivity index (χ3n) is 4.45. The molecular formula is C17H24N2O4. The predicted molar refractivity (Wildman–Crippen MR) is 85.8 cm³/mol. The van der Waals surface area contributed by atoms with Gasteiger partial charge in [-0.3, -0.25) is 4.90 Å². The summed E-state index contributed by atoms with van der Waals surface area (Å²) in [4.78, 5) is 14.7. The number of piperidine rings is 1. The molecule has 0 saturated carbocycles. The monoisotopic (exact) mass is 320 g/mol. The van der Waals surface area contributed by atoms with Crippen LogP contribution in [-0.2, 0) is 11.3 Å². The highest BCUT2D eigenvalue weighted by Crippen LogP contribution is 2.20. The number of morpholine rings is 1. The second-order valence-corrected chi connectivity index (χ2v) is 6.12. The van der Waals surface area contributed by atoms with Gasteiger partial charge in [0, 0.05) is 45.6 Å². The van der Waals surface area contributed by atoms with Gasteiger partial charge in [-0.1, -0.05) is 12.1 Å². The van der Waals surface area contributed by atoms with Gasteiger partial charge < -0.3 is 19.5 Å². The molecule has 0 aliphatic carbocycles. The van der Waals surface area contributed by atoms with Gasteiger partial charge in [0.1, 0.15) is 11.9 Å². The average Bonchev–Trinajstić information content (AvgIpc) is 2.58. The van der Waals surface area contributed by atoms with E-state index < -0.39 is 6.09 Å². The van der Waals surface area contributed by atoms with Crippen LogP contribution in [0.25, 0.3) is 0 Å². The van der Waals surface area contributed by atoms with Crippen molar-refractivity contribution in [2.24, 2.45) is 0 Å². The SMILES string of the molecule is O=C(O)N1CCC(Oc2ccc(CN3CCOCC3)cc2)CC1. The third kappa shape index (κ3) is 4.59. The Bertz CT molecular complexity index is 506. The van der Waals surface area contributed by atoms with Crippen molar-refractivity contribution in [3.63, 3.8) is 0 Å². The zero-order valence-electron chi connectivity index (χ0n) is 13.3. The van der Waals surface area contributed by atoms with Crippen LogP contribution in [0.3, 0.4) is 0 Å². The first-order valence-corrected chi connectivity index (χ1v) is 8.24. The van der Waals surface area contributed by atoms with E-state index in [1.165, 1.54) is 10.5 Å². The molecule has 1 N–H and O–H groups in total. The largest absolute Gasteiger partial charge is 0.490 e. The second-order valence-electron chi connectivity index (χ2n) is 6.12. The number of rotatable bonds is 4. The summed E-state index contributed by atoms with van der Waals surface area (Å²) in [5, 5.41) is 8.95. The molecule has 2 saturated heterocycles. The molecule has 0 spiro atoms. The third-order valence-corrected chi connectivity index (χ3v) is 4.45. The van der Waals surface area contributed by atoms with Crippen LogP contribution in [0.5, 0.6) is 5.75 Å². The molecule has 1 aromatic carbocycles.